The molecular formula is C38H45N3O8S. The number of rotatable bonds is 17. The van der Waals surface area contributed by atoms with Crippen molar-refractivity contribution in [3.8, 4) is 23.0 Å². The molecule has 0 unspecified atom stereocenters. The van der Waals surface area contributed by atoms with Gasteiger partial charge in [-0.3, -0.25) is 13.9 Å². The van der Waals surface area contributed by atoms with Crippen LogP contribution in [0.15, 0.2) is 95.9 Å². The smallest absolute Gasteiger partial charge is 0.265 e. The summed E-state index contributed by atoms with van der Waals surface area (Å²) in [5.41, 5.74) is 2.65. The highest BCUT2D eigenvalue weighted by molar-refractivity contribution is 7.92. The standard InChI is InChI=1S/C38H45N3O8S/c1-7-21-39-38(43)33(22-28-14-9-8-10-15-28)40(25-29-16-12-11-13-27(29)2)37(42)26-41(32-23-30(46-3)17-19-34(32)47-4)50(44,45)31-18-20-35(48-5)36(24-31)49-6/h8-20,23-24,33H,7,21-22,25-26H2,1-6H3,(H,39,43)/t33-/m1/s1. The maximum Gasteiger partial charge on any atom is 0.265 e. The number of nitrogens with one attached hydrogen (secondary N) is 1. The van der Waals surface area contributed by atoms with Crippen LogP contribution in [0.1, 0.15) is 30.0 Å². The zero-order chi connectivity index (χ0) is 36.3. The Morgan fingerprint density at radius 1 is 0.780 bits per heavy atom. The highest BCUT2D eigenvalue weighted by atomic mass is 32.2. The minimum atomic E-state index is -4.48. The van der Waals surface area contributed by atoms with Gasteiger partial charge in [0.2, 0.25) is 11.8 Å². The van der Waals surface area contributed by atoms with Gasteiger partial charge >= 0.3 is 0 Å². The Hall–Kier alpha value is -5.23. The highest BCUT2D eigenvalue weighted by Crippen LogP contribution is 2.38. The van der Waals surface area contributed by atoms with Crippen molar-refractivity contribution in [1.29, 1.82) is 0 Å². The lowest BCUT2D eigenvalue weighted by atomic mass is 10.0. The molecule has 266 valence electrons. The summed E-state index contributed by atoms with van der Waals surface area (Å²) in [7, 11) is 1.23. The zero-order valence-electron chi connectivity index (χ0n) is 29.3. The quantitative estimate of drug-likeness (QED) is 0.155. The van der Waals surface area contributed by atoms with Gasteiger partial charge in [-0.15, -0.1) is 0 Å². The second-order valence-corrected chi connectivity index (χ2v) is 13.4. The van der Waals surface area contributed by atoms with E-state index in [0.29, 0.717) is 24.5 Å². The van der Waals surface area contributed by atoms with Crippen molar-refractivity contribution in [2.75, 3.05) is 45.8 Å². The maximum absolute atomic E-state index is 14.8. The molecule has 12 heteroatoms. The fraction of sp³-hybridized carbons (Fsp3) is 0.316. The van der Waals surface area contributed by atoms with Crippen LogP contribution >= 0.6 is 0 Å². The van der Waals surface area contributed by atoms with Crippen molar-refractivity contribution in [1.82, 2.24) is 10.2 Å². The van der Waals surface area contributed by atoms with Crippen LogP contribution in [0.25, 0.3) is 0 Å². The van der Waals surface area contributed by atoms with Gasteiger partial charge in [0.05, 0.1) is 39.0 Å². The predicted molar refractivity (Wildman–Crippen MR) is 193 cm³/mol. The zero-order valence-corrected chi connectivity index (χ0v) is 30.2. The van der Waals surface area contributed by atoms with Crippen LogP contribution in [-0.4, -0.2) is 72.7 Å². The van der Waals surface area contributed by atoms with Gasteiger partial charge in [0, 0.05) is 31.6 Å². The Morgan fingerprint density at radius 3 is 2.08 bits per heavy atom. The molecule has 0 bridgehead atoms. The predicted octanol–water partition coefficient (Wildman–Crippen LogP) is 5.39. The Morgan fingerprint density at radius 2 is 1.44 bits per heavy atom. The van der Waals surface area contributed by atoms with Gasteiger partial charge in [-0.05, 0) is 54.3 Å². The van der Waals surface area contributed by atoms with Crippen LogP contribution in [0, 0.1) is 6.92 Å². The van der Waals surface area contributed by atoms with E-state index in [-0.39, 0.29) is 41.0 Å². The molecule has 4 rings (SSSR count). The third-order valence-electron chi connectivity index (χ3n) is 8.30. The summed E-state index contributed by atoms with van der Waals surface area (Å²) in [6, 6.07) is 24.9. The average molecular weight is 704 g/mol. The molecular weight excluding hydrogens is 658 g/mol. The molecule has 0 spiro atoms. The van der Waals surface area contributed by atoms with Crippen LogP contribution < -0.4 is 28.6 Å². The van der Waals surface area contributed by atoms with Crippen LogP contribution in [0.2, 0.25) is 0 Å². The van der Waals surface area contributed by atoms with Gasteiger partial charge in [-0.1, -0.05) is 61.5 Å². The second-order valence-electron chi connectivity index (χ2n) is 11.5. The third-order valence-corrected chi connectivity index (χ3v) is 10.1. The van der Waals surface area contributed by atoms with E-state index >= 15 is 0 Å². The molecule has 0 aromatic heterocycles. The molecule has 0 saturated heterocycles. The summed E-state index contributed by atoms with van der Waals surface area (Å²) in [5, 5.41) is 2.96. The molecule has 0 aliphatic rings. The Kier molecular flexibility index (Phi) is 13.1. The number of carbonyl (C=O) groups is 2. The molecule has 0 aliphatic carbocycles. The first-order chi connectivity index (χ1) is 24.1. The number of carbonyl (C=O) groups excluding carboxylic acids is 2. The van der Waals surface area contributed by atoms with E-state index in [9.17, 15) is 18.0 Å². The summed E-state index contributed by atoms with van der Waals surface area (Å²) < 4.78 is 52.1. The minimum absolute atomic E-state index is 0.0576. The van der Waals surface area contributed by atoms with Crippen molar-refractivity contribution in [3.63, 3.8) is 0 Å². The summed E-state index contributed by atoms with van der Waals surface area (Å²) in [6.45, 7) is 3.68. The van der Waals surface area contributed by atoms with Crippen molar-refractivity contribution in [2.24, 2.45) is 0 Å². The van der Waals surface area contributed by atoms with Gasteiger partial charge in [0.25, 0.3) is 10.0 Å². The molecule has 4 aromatic rings. The average Bonchev–Trinajstić information content (AvgIpc) is 3.14. The van der Waals surface area contributed by atoms with Crippen molar-refractivity contribution in [3.05, 3.63) is 108 Å². The number of nitrogens with zero attached hydrogens (tertiary/aromatic N) is 2. The summed E-state index contributed by atoms with van der Waals surface area (Å²) >= 11 is 0. The molecule has 4 aromatic carbocycles. The van der Waals surface area contributed by atoms with E-state index in [1.54, 1.807) is 12.1 Å². The van der Waals surface area contributed by atoms with Gasteiger partial charge in [0.15, 0.2) is 11.5 Å². The van der Waals surface area contributed by atoms with E-state index in [2.05, 4.69) is 5.32 Å². The van der Waals surface area contributed by atoms with E-state index in [1.165, 1.54) is 57.6 Å². The minimum Gasteiger partial charge on any atom is -0.497 e. The topological polar surface area (TPSA) is 124 Å². The molecule has 1 atom stereocenters. The van der Waals surface area contributed by atoms with Gasteiger partial charge in [0.1, 0.15) is 24.1 Å². The number of hydrogen-bond acceptors (Lipinski definition) is 8. The maximum atomic E-state index is 14.8. The fourth-order valence-electron chi connectivity index (χ4n) is 5.50. The highest BCUT2D eigenvalue weighted by Gasteiger charge is 2.36. The van der Waals surface area contributed by atoms with E-state index in [0.717, 1.165) is 21.0 Å². The number of benzene rings is 4. The lowest BCUT2D eigenvalue weighted by Crippen LogP contribution is -2.53. The number of ether oxygens (including phenoxy) is 4. The van der Waals surface area contributed by atoms with Crippen molar-refractivity contribution in [2.45, 2.75) is 44.2 Å². The largest absolute Gasteiger partial charge is 0.497 e. The Labute approximate surface area is 294 Å². The summed E-state index contributed by atoms with van der Waals surface area (Å²) in [5.74, 6) is 0.113. The number of hydrogen-bond donors (Lipinski definition) is 1. The number of anilines is 1. The van der Waals surface area contributed by atoms with Gasteiger partial charge in [-0.25, -0.2) is 8.42 Å². The van der Waals surface area contributed by atoms with E-state index < -0.39 is 28.5 Å². The van der Waals surface area contributed by atoms with Crippen molar-refractivity contribution >= 4 is 27.5 Å². The Balaban J connectivity index is 1.90. The molecule has 0 fully saturated rings. The summed E-state index contributed by atoms with van der Waals surface area (Å²) in [6.07, 6.45) is 0.904. The monoisotopic (exact) mass is 703 g/mol. The molecule has 0 aliphatic heterocycles. The normalized spacial score (nSPS) is 11.6. The first-order valence-corrected chi connectivity index (χ1v) is 17.6. The van der Waals surface area contributed by atoms with Crippen LogP contribution in [-0.2, 0) is 32.6 Å². The van der Waals surface area contributed by atoms with Crippen molar-refractivity contribution < 1.29 is 37.0 Å². The lowest BCUT2D eigenvalue weighted by molar-refractivity contribution is -0.140. The molecule has 50 heavy (non-hydrogen) atoms. The van der Waals surface area contributed by atoms with E-state index in [1.807, 2.05) is 68.4 Å². The number of aryl methyl sites for hydroxylation is 1. The van der Waals surface area contributed by atoms with E-state index in [4.69, 9.17) is 18.9 Å². The fourth-order valence-corrected chi connectivity index (χ4v) is 6.93. The first-order valence-electron chi connectivity index (χ1n) is 16.2. The van der Waals surface area contributed by atoms with Gasteiger partial charge < -0.3 is 29.2 Å². The third kappa shape index (κ3) is 8.86. The molecule has 11 nitrogen and oxygen atoms in total. The second kappa shape index (κ2) is 17.4. The summed E-state index contributed by atoms with van der Waals surface area (Å²) in [4.78, 5) is 30.1. The molecule has 1 N–H and O–H groups in total. The van der Waals surface area contributed by atoms with Crippen LogP contribution in [0.3, 0.4) is 0 Å². The Bertz CT molecular complexity index is 1870. The van der Waals surface area contributed by atoms with Crippen LogP contribution in [0.4, 0.5) is 5.69 Å². The van der Waals surface area contributed by atoms with Crippen LogP contribution in [0.5, 0.6) is 23.0 Å². The number of methoxy groups -OCH3 is 4. The van der Waals surface area contributed by atoms with Gasteiger partial charge in [-0.2, -0.15) is 0 Å². The molecule has 0 radical (unpaired) electrons. The number of amides is 2. The number of sulfonamides is 1. The molecule has 0 heterocycles. The first kappa shape index (κ1) is 37.6. The molecule has 0 saturated carbocycles. The molecule has 2 amide bonds. The SMILES string of the molecule is CCCNC(=O)[C@@H](Cc1ccccc1)N(Cc1ccccc1C)C(=O)CN(c1cc(OC)ccc1OC)S(=O)(=O)c1ccc(OC)c(OC)c1. The lowest BCUT2D eigenvalue weighted by Gasteiger charge is -2.34.